The lowest BCUT2D eigenvalue weighted by atomic mass is 10.1. The second kappa shape index (κ2) is 9.14. The summed E-state index contributed by atoms with van der Waals surface area (Å²) in [5.41, 5.74) is 7.83. The minimum atomic E-state index is -4.47. The summed E-state index contributed by atoms with van der Waals surface area (Å²) in [5.74, 6) is 0.0985. The summed E-state index contributed by atoms with van der Waals surface area (Å²) in [7, 11) is 0. The maximum absolute atomic E-state index is 14.1. The van der Waals surface area contributed by atoms with E-state index in [0.717, 1.165) is 5.39 Å². The van der Waals surface area contributed by atoms with Gasteiger partial charge in [-0.2, -0.15) is 13.2 Å². The number of fused-ring (bicyclic) bond motifs is 2. The number of nitrogens with zero attached hydrogens (tertiary/aromatic N) is 5. The Morgan fingerprint density at radius 2 is 1.92 bits per heavy atom. The number of pyridine rings is 2. The molecule has 1 saturated heterocycles. The zero-order valence-electron chi connectivity index (χ0n) is 19.8. The number of carbonyl (C=O) groups is 1. The number of alkyl halides is 3. The highest BCUT2D eigenvalue weighted by molar-refractivity contribution is 5.98. The van der Waals surface area contributed by atoms with Crippen molar-refractivity contribution in [2.75, 3.05) is 13.1 Å². The molecule has 2 atom stereocenters. The van der Waals surface area contributed by atoms with Crippen LogP contribution >= 0.6 is 0 Å². The Bertz CT molecular complexity index is 1430. The van der Waals surface area contributed by atoms with Crippen LogP contribution in [0.2, 0.25) is 0 Å². The number of rotatable bonds is 5. The number of hydrogen-bond donors (Lipinski definition) is 2. The molecule has 0 bridgehead atoms. The van der Waals surface area contributed by atoms with Crippen molar-refractivity contribution < 1.29 is 18.0 Å². The Hall–Kier alpha value is -3.57. The van der Waals surface area contributed by atoms with Gasteiger partial charge in [-0.25, -0.2) is 4.98 Å². The number of benzene rings is 1. The zero-order valence-corrected chi connectivity index (χ0v) is 19.8. The van der Waals surface area contributed by atoms with E-state index >= 15 is 0 Å². The van der Waals surface area contributed by atoms with E-state index in [4.69, 9.17) is 5.73 Å². The second-order valence-corrected chi connectivity index (χ2v) is 9.43. The molecule has 1 amide bonds. The molecule has 0 spiro atoms. The molecule has 0 unspecified atom stereocenters. The fourth-order valence-corrected chi connectivity index (χ4v) is 4.63. The first-order valence-electron chi connectivity index (χ1n) is 11.7. The van der Waals surface area contributed by atoms with Gasteiger partial charge < -0.3 is 11.1 Å². The Morgan fingerprint density at radius 1 is 1.14 bits per heavy atom. The van der Waals surface area contributed by atoms with Crippen molar-refractivity contribution in [3.8, 4) is 11.5 Å². The number of hydrogen-bond acceptors (Lipinski definition) is 6. The molecule has 3 aromatic heterocycles. The fourth-order valence-electron chi connectivity index (χ4n) is 4.63. The van der Waals surface area contributed by atoms with Gasteiger partial charge in [0.05, 0.1) is 5.52 Å². The van der Waals surface area contributed by atoms with Crippen LogP contribution in [0.4, 0.5) is 13.2 Å². The van der Waals surface area contributed by atoms with Crippen molar-refractivity contribution in [3.63, 3.8) is 0 Å². The van der Waals surface area contributed by atoms with Crippen LogP contribution < -0.4 is 11.1 Å². The standard InChI is InChI=1S/C25H26F3N7O/c1-14(2)30-24(36)16-4-3-15-5-7-19(31-20(15)11-16)23-33-32-21-8-6-17(12-35(21)23)22(25(26,27)28)34-10-9-18(29)13-34/h3-8,11-12,14,18,22H,9-10,13,29H2,1-2H3,(H,30,36)/t18-,22+/m1/s1. The second-order valence-electron chi connectivity index (χ2n) is 9.43. The molecule has 8 nitrogen and oxygen atoms in total. The predicted octanol–water partition coefficient (Wildman–Crippen LogP) is 3.72. The number of nitrogens with one attached hydrogen (secondary N) is 1. The van der Waals surface area contributed by atoms with Gasteiger partial charge in [0.15, 0.2) is 11.5 Å². The lowest BCUT2D eigenvalue weighted by molar-refractivity contribution is -0.183. The average molecular weight is 498 g/mol. The van der Waals surface area contributed by atoms with Crippen LogP contribution in [0.3, 0.4) is 0 Å². The number of halogens is 3. The Balaban J connectivity index is 1.55. The monoisotopic (exact) mass is 497 g/mol. The summed E-state index contributed by atoms with van der Waals surface area (Å²) in [6, 6.07) is 9.66. The zero-order chi connectivity index (χ0) is 25.6. The van der Waals surface area contributed by atoms with Crippen LogP contribution in [0.1, 0.15) is 42.2 Å². The molecule has 1 aromatic carbocycles. The number of likely N-dealkylation sites (tertiary alicyclic amines) is 1. The van der Waals surface area contributed by atoms with Crippen LogP contribution in [0.5, 0.6) is 0 Å². The molecule has 5 rings (SSSR count). The third-order valence-corrected chi connectivity index (χ3v) is 6.28. The van der Waals surface area contributed by atoms with E-state index in [1.807, 2.05) is 19.9 Å². The first-order valence-corrected chi connectivity index (χ1v) is 11.7. The molecule has 1 aliphatic rings. The molecule has 4 aromatic rings. The molecule has 1 fully saturated rings. The summed E-state index contributed by atoms with van der Waals surface area (Å²) in [4.78, 5) is 18.4. The quantitative estimate of drug-likeness (QED) is 0.436. The lowest BCUT2D eigenvalue weighted by Crippen LogP contribution is -2.38. The van der Waals surface area contributed by atoms with Gasteiger partial charge in [0.1, 0.15) is 11.7 Å². The van der Waals surface area contributed by atoms with E-state index in [0.29, 0.717) is 34.7 Å². The number of aromatic nitrogens is 4. The summed E-state index contributed by atoms with van der Waals surface area (Å²) >= 11 is 0. The first-order chi connectivity index (χ1) is 17.1. The third-order valence-electron chi connectivity index (χ3n) is 6.28. The van der Waals surface area contributed by atoms with Crippen molar-refractivity contribution in [2.45, 2.75) is 44.6 Å². The maximum atomic E-state index is 14.1. The Labute approximate surface area is 205 Å². The fraction of sp³-hybridized carbons (Fsp3) is 0.360. The smallest absolute Gasteiger partial charge is 0.350 e. The molecular formula is C25H26F3N7O. The van der Waals surface area contributed by atoms with Crippen LogP contribution in [0.25, 0.3) is 28.1 Å². The van der Waals surface area contributed by atoms with Crippen molar-refractivity contribution in [1.82, 2.24) is 29.8 Å². The summed E-state index contributed by atoms with van der Waals surface area (Å²) in [6.07, 6.45) is -2.53. The molecule has 0 aliphatic carbocycles. The van der Waals surface area contributed by atoms with Gasteiger partial charge in [-0.15, -0.1) is 10.2 Å². The number of carbonyl (C=O) groups excluding carboxylic acids is 1. The van der Waals surface area contributed by atoms with E-state index in [1.54, 1.807) is 24.3 Å². The molecule has 0 radical (unpaired) electrons. The molecule has 4 heterocycles. The minimum Gasteiger partial charge on any atom is -0.350 e. The highest BCUT2D eigenvalue weighted by Gasteiger charge is 2.46. The van der Waals surface area contributed by atoms with E-state index in [9.17, 15) is 18.0 Å². The first kappa shape index (κ1) is 24.1. The van der Waals surface area contributed by atoms with E-state index in [-0.39, 0.29) is 36.6 Å². The normalized spacial score (nSPS) is 17.8. The molecule has 0 saturated carbocycles. The predicted molar refractivity (Wildman–Crippen MR) is 129 cm³/mol. The Morgan fingerprint density at radius 3 is 2.61 bits per heavy atom. The molecule has 11 heteroatoms. The van der Waals surface area contributed by atoms with Crippen molar-refractivity contribution in [3.05, 3.63) is 59.8 Å². The highest BCUT2D eigenvalue weighted by Crippen LogP contribution is 2.39. The van der Waals surface area contributed by atoms with Gasteiger partial charge in [-0.1, -0.05) is 18.2 Å². The van der Waals surface area contributed by atoms with Crippen molar-refractivity contribution in [1.29, 1.82) is 0 Å². The maximum Gasteiger partial charge on any atom is 0.408 e. The molecule has 3 N–H and O–H groups in total. The number of nitrogens with two attached hydrogens (primary N) is 1. The van der Waals surface area contributed by atoms with Crippen molar-refractivity contribution in [2.24, 2.45) is 5.73 Å². The van der Waals surface area contributed by atoms with Gasteiger partial charge in [-0.3, -0.25) is 14.1 Å². The van der Waals surface area contributed by atoms with E-state index in [1.165, 1.54) is 27.6 Å². The van der Waals surface area contributed by atoms with Crippen molar-refractivity contribution >= 4 is 22.5 Å². The van der Waals surface area contributed by atoms with Gasteiger partial charge in [0.2, 0.25) is 0 Å². The third kappa shape index (κ3) is 4.63. The van der Waals surface area contributed by atoms with Crippen LogP contribution in [0.15, 0.2) is 48.7 Å². The molecule has 1 aliphatic heterocycles. The van der Waals surface area contributed by atoms with Crippen LogP contribution in [0, 0.1) is 0 Å². The summed E-state index contributed by atoms with van der Waals surface area (Å²) in [6.45, 7) is 4.20. The summed E-state index contributed by atoms with van der Waals surface area (Å²) < 4.78 is 43.9. The van der Waals surface area contributed by atoms with Gasteiger partial charge >= 0.3 is 6.18 Å². The topological polar surface area (TPSA) is 101 Å². The van der Waals surface area contributed by atoms with Gasteiger partial charge in [-0.05, 0) is 50.1 Å². The van der Waals surface area contributed by atoms with Crippen LogP contribution in [-0.4, -0.2) is 61.7 Å². The lowest BCUT2D eigenvalue weighted by Gasteiger charge is -2.30. The summed E-state index contributed by atoms with van der Waals surface area (Å²) in [5, 5.41) is 12.0. The molecule has 36 heavy (non-hydrogen) atoms. The highest BCUT2D eigenvalue weighted by atomic mass is 19.4. The van der Waals surface area contributed by atoms with Gasteiger partial charge in [0.25, 0.3) is 5.91 Å². The SMILES string of the molecule is CC(C)NC(=O)c1ccc2ccc(-c3nnc4ccc([C@H](N5CC[C@@H](N)C5)C(F)(F)F)cn34)nc2c1. The number of amides is 1. The average Bonchev–Trinajstić information content (AvgIpc) is 3.43. The van der Waals surface area contributed by atoms with Crippen LogP contribution in [-0.2, 0) is 0 Å². The van der Waals surface area contributed by atoms with E-state index in [2.05, 4.69) is 20.5 Å². The Kier molecular flexibility index (Phi) is 6.13. The van der Waals surface area contributed by atoms with E-state index < -0.39 is 12.2 Å². The molecular weight excluding hydrogens is 471 g/mol. The van der Waals surface area contributed by atoms with Gasteiger partial charge in [0, 0.05) is 42.3 Å². The molecule has 188 valence electrons. The largest absolute Gasteiger partial charge is 0.408 e. The minimum absolute atomic E-state index is 0.0131.